The third-order valence-corrected chi connectivity index (χ3v) is 5.06. The van der Waals surface area contributed by atoms with Gasteiger partial charge in [-0.3, -0.25) is 9.48 Å². The van der Waals surface area contributed by atoms with Crippen molar-refractivity contribution in [2.24, 2.45) is 0 Å². The van der Waals surface area contributed by atoms with Crippen molar-refractivity contribution in [2.45, 2.75) is 33.2 Å². The van der Waals surface area contributed by atoms with Crippen LogP contribution in [0.4, 0.5) is 5.69 Å². The Balaban J connectivity index is 1.49. The molecule has 2 heterocycles. The Morgan fingerprint density at radius 1 is 1.16 bits per heavy atom. The van der Waals surface area contributed by atoms with Crippen LogP contribution in [-0.4, -0.2) is 46.8 Å². The van der Waals surface area contributed by atoms with E-state index in [1.165, 1.54) is 11.3 Å². The van der Waals surface area contributed by atoms with E-state index in [1.54, 1.807) is 0 Å². The second kappa shape index (κ2) is 7.91. The molecule has 1 saturated heterocycles. The van der Waals surface area contributed by atoms with Gasteiger partial charge in [0.05, 0.1) is 5.69 Å². The number of amides is 1. The molecule has 134 valence electrons. The molecule has 1 aromatic carbocycles. The smallest absolute Gasteiger partial charge is 0.223 e. The Morgan fingerprint density at radius 3 is 2.44 bits per heavy atom. The van der Waals surface area contributed by atoms with Gasteiger partial charge in [0.25, 0.3) is 0 Å². The van der Waals surface area contributed by atoms with Crippen molar-refractivity contribution in [1.29, 1.82) is 0 Å². The highest BCUT2D eigenvalue weighted by Crippen LogP contribution is 2.20. The summed E-state index contributed by atoms with van der Waals surface area (Å²) in [5.74, 6) is 0.236. The van der Waals surface area contributed by atoms with Crippen molar-refractivity contribution >= 4 is 23.2 Å². The molecular formula is C19H25ClN4O. The quantitative estimate of drug-likeness (QED) is 0.822. The molecule has 3 rings (SSSR count). The highest BCUT2D eigenvalue weighted by atomic mass is 35.5. The number of aromatic nitrogens is 2. The van der Waals surface area contributed by atoms with E-state index in [4.69, 9.17) is 11.6 Å². The van der Waals surface area contributed by atoms with Crippen LogP contribution >= 0.6 is 11.6 Å². The van der Waals surface area contributed by atoms with E-state index in [-0.39, 0.29) is 5.91 Å². The molecule has 1 fully saturated rings. The average Bonchev–Trinajstić information content (AvgIpc) is 3.00. The lowest BCUT2D eigenvalue weighted by atomic mass is 10.1. The van der Waals surface area contributed by atoms with Crippen molar-refractivity contribution in [2.75, 3.05) is 31.1 Å². The Kier molecular flexibility index (Phi) is 5.63. The summed E-state index contributed by atoms with van der Waals surface area (Å²) in [7, 11) is 0. The number of nitrogens with zero attached hydrogens (tertiary/aromatic N) is 4. The zero-order valence-electron chi connectivity index (χ0n) is 14.9. The highest BCUT2D eigenvalue weighted by Gasteiger charge is 2.21. The molecule has 1 aliphatic rings. The number of halogens is 1. The van der Waals surface area contributed by atoms with Crippen LogP contribution in [0.15, 0.2) is 30.5 Å². The normalized spacial score (nSPS) is 14.8. The van der Waals surface area contributed by atoms with Crippen molar-refractivity contribution in [3.63, 3.8) is 0 Å². The number of carbonyl (C=O) groups is 1. The lowest BCUT2D eigenvalue weighted by molar-refractivity contribution is -0.131. The van der Waals surface area contributed by atoms with Crippen LogP contribution in [0.1, 0.15) is 24.6 Å². The number of piperazine rings is 1. The van der Waals surface area contributed by atoms with Crippen LogP contribution in [0, 0.1) is 6.92 Å². The van der Waals surface area contributed by atoms with Gasteiger partial charge < -0.3 is 9.80 Å². The van der Waals surface area contributed by atoms with Crippen molar-refractivity contribution in [3.05, 3.63) is 46.7 Å². The fraction of sp³-hybridized carbons (Fsp3) is 0.474. The van der Waals surface area contributed by atoms with Crippen LogP contribution in [0.25, 0.3) is 0 Å². The summed E-state index contributed by atoms with van der Waals surface area (Å²) in [5.41, 5.74) is 3.37. The molecule has 6 heteroatoms. The number of carbonyl (C=O) groups excluding carboxylic acids is 1. The fourth-order valence-electron chi connectivity index (χ4n) is 3.23. The molecule has 1 amide bonds. The van der Waals surface area contributed by atoms with E-state index in [0.717, 1.165) is 49.9 Å². The first-order valence-corrected chi connectivity index (χ1v) is 9.26. The molecule has 0 radical (unpaired) electrons. The summed E-state index contributed by atoms with van der Waals surface area (Å²) in [5, 5.41) is 5.19. The van der Waals surface area contributed by atoms with E-state index in [0.29, 0.717) is 6.42 Å². The average molecular weight is 361 g/mol. The summed E-state index contributed by atoms with van der Waals surface area (Å²) in [6, 6.07) is 7.89. The second-order valence-electron chi connectivity index (χ2n) is 6.44. The topological polar surface area (TPSA) is 41.4 Å². The number of rotatable bonds is 5. The molecule has 0 bridgehead atoms. The summed E-state index contributed by atoms with van der Waals surface area (Å²) < 4.78 is 1.93. The van der Waals surface area contributed by atoms with Gasteiger partial charge in [-0.25, -0.2) is 0 Å². The van der Waals surface area contributed by atoms with Gasteiger partial charge >= 0.3 is 0 Å². The first-order valence-electron chi connectivity index (χ1n) is 8.88. The van der Waals surface area contributed by atoms with Crippen molar-refractivity contribution in [3.8, 4) is 0 Å². The van der Waals surface area contributed by atoms with Gasteiger partial charge in [0.1, 0.15) is 0 Å². The minimum absolute atomic E-state index is 0.236. The summed E-state index contributed by atoms with van der Waals surface area (Å²) >= 11 is 5.95. The third kappa shape index (κ3) is 4.34. The zero-order chi connectivity index (χ0) is 17.8. The third-order valence-electron chi connectivity index (χ3n) is 4.80. The van der Waals surface area contributed by atoms with Crippen molar-refractivity contribution < 1.29 is 4.79 Å². The molecule has 0 aliphatic carbocycles. The molecule has 1 aliphatic heterocycles. The van der Waals surface area contributed by atoms with Gasteiger partial charge in [0.15, 0.2) is 0 Å². The minimum Gasteiger partial charge on any atom is -0.368 e. The number of benzene rings is 1. The Labute approximate surface area is 154 Å². The Bertz CT molecular complexity index is 718. The highest BCUT2D eigenvalue weighted by molar-refractivity contribution is 6.30. The number of anilines is 1. The maximum atomic E-state index is 12.5. The first kappa shape index (κ1) is 17.8. The molecule has 0 unspecified atom stereocenters. The maximum absolute atomic E-state index is 12.5. The summed E-state index contributed by atoms with van der Waals surface area (Å²) in [6.45, 7) is 8.21. The Morgan fingerprint density at radius 2 is 1.84 bits per heavy atom. The Hall–Kier alpha value is -2.01. The van der Waals surface area contributed by atoms with Gasteiger partial charge in [-0.05, 0) is 50.1 Å². The predicted octanol–water partition coefficient (Wildman–Crippen LogP) is 3.15. The summed E-state index contributed by atoms with van der Waals surface area (Å²) in [4.78, 5) is 16.8. The number of aryl methyl sites for hydroxylation is 3. The van der Waals surface area contributed by atoms with E-state index in [1.807, 2.05) is 40.8 Å². The monoisotopic (exact) mass is 360 g/mol. The molecule has 2 aromatic rings. The number of hydrogen-bond acceptors (Lipinski definition) is 3. The lowest BCUT2D eigenvalue weighted by Gasteiger charge is -2.36. The number of hydrogen-bond donors (Lipinski definition) is 0. The second-order valence-corrected chi connectivity index (χ2v) is 6.88. The molecule has 5 nitrogen and oxygen atoms in total. The summed E-state index contributed by atoms with van der Waals surface area (Å²) in [6.07, 6.45) is 3.38. The lowest BCUT2D eigenvalue weighted by Crippen LogP contribution is -2.48. The molecule has 0 N–H and O–H groups in total. The van der Waals surface area contributed by atoms with Gasteiger partial charge in [-0.15, -0.1) is 0 Å². The van der Waals surface area contributed by atoms with Crippen LogP contribution < -0.4 is 4.90 Å². The van der Waals surface area contributed by atoms with E-state index >= 15 is 0 Å². The standard InChI is InChI=1S/C19H25ClN4O/c1-3-24-14-16(15(2)21-24)4-9-19(25)23-12-10-22(11-13-23)18-7-5-17(20)6-8-18/h5-8,14H,3-4,9-13H2,1-2H3. The van der Waals surface area contributed by atoms with E-state index in [2.05, 4.69) is 23.1 Å². The van der Waals surface area contributed by atoms with Crippen LogP contribution in [0.5, 0.6) is 0 Å². The fourth-order valence-corrected chi connectivity index (χ4v) is 3.36. The largest absolute Gasteiger partial charge is 0.368 e. The van der Waals surface area contributed by atoms with Gasteiger partial charge in [0, 0.05) is 56.1 Å². The molecule has 1 aromatic heterocycles. The van der Waals surface area contributed by atoms with Crippen molar-refractivity contribution in [1.82, 2.24) is 14.7 Å². The molecule has 0 atom stereocenters. The SMILES string of the molecule is CCn1cc(CCC(=O)N2CCN(c3ccc(Cl)cc3)CC2)c(C)n1. The van der Waals surface area contributed by atoms with Gasteiger partial charge in [-0.2, -0.15) is 5.10 Å². The maximum Gasteiger partial charge on any atom is 0.223 e. The van der Waals surface area contributed by atoms with Crippen LogP contribution in [-0.2, 0) is 17.8 Å². The van der Waals surface area contributed by atoms with Gasteiger partial charge in [0.2, 0.25) is 5.91 Å². The van der Waals surface area contributed by atoms with Crippen LogP contribution in [0.2, 0.25) is 5.02 Å². The molecule has 0 saturated carbocycles. The first-order chi connectivity index (χ1) is 12.1. The molecular weight excluding hydrogens is 336 g/mol. The van der Waals surface area contributed by atoms with E-state index in [9.17, 15) is 4.79 Å². The molecule has 0 spiro atoms. The van der Waals surface area contributed by atoms with Gasteiger partial charge in [-0.1, -0.05) is 11.6 Å². The predicted molar refractivity (Wildman–Crippen MR) is 101 cm³/mol. The van der Waals surface area contributed by atoms with E-state index < -0.39 is 0 Å². The molecule has 25 heavy (non-hydrogen) atoms. The zero-order valence-corrected chi connectivity index (χ0v) is 15.7. The minimum atomic E-state index is 0.236. The van der Waals surface area contributed by atoms with Crippen LogP contribution in [0.3, 0.4) is 0 Å².